The Morgan fingerprint density at radius 2 is 1.92 bits per heavy atom. The fourth-order valence-electron chi connectivity index (χ4n) is 2.65. The molecule has 0 spiro atoms. The number of thiazole rings is 1. The second-order valence-electron chi connectivity index (χ2n) is 7.72. The third kappa shape index (κ3) is 4.23. The number of carbonyl (C=O) groups is 1. The molecule has 0 N–H and O–H groups in total. The standard InChI is InChI=1S/C20H28N2OS/c1-13(2)22(17-10-14(3)8-9-15(17)4)18(23)11-16-12-24-19(21-16)20(5,6)7/h8-10,12-13H,11H2,1-7H3. The molecule has 0 atom stereocenters. The minimum atomic E-state index is 0.0246. The van der Waals surface area contributed by atoms with Gasteiger partial charge in [0.15, 0.2) is 0 Å². The summed E-state index contributed by atoms with van der Waals surface area (Å²) in [5.74, 6) is 0.101. The molecule has 24 heavy (non-hydrogen) atoms. The molecule has 130 valence electrons. The molecule has 4 heteroatoms. The normalized spacial score (nSPS) is 11.8. The van der Waals surface area contributed by atoms with Crippen molar-refractivity contribution in [1.29, 1.82) is 0 Å². The maximum atomic E-state index is 13.0. The summed E-state index contributed by atoms with van der Waals surface area (Å²) in [5.41, 5.74) is 4.18. The summed E-state index contributed by atoms with van der Waals surface area (Å²) in [6.07, 6.45) is 0.345. The van der Waals surface area contributed by atoms with Crippen molar-refractivity contribution < 1.29 is 4.79 Å². The zero-order valence-corrected chi connectivity index (χ0v) is 16.6. The highest BCUT2D eigenvalue weighted by molar-refractivity contribution is 7.09. The fraction of sp³-hybridized carbons (Fsp3) is 0.500. The number of rotatable bonds is 4. The third-order valence-corrected chi connectivity index (χ3v) is 5.25. The molecule has 0 aliphatic rings. The van der Waals surface area contributed by atoms with Crippen LogP contribution in [0.2, 0.25) is 0 Å². The van der Waals surface area contributed by atoms with Crippen molar-refractivity contribution in [2.24, 2.45) is 0 Å². The van der Waals surface area contributed by atoms with Crippen LogP contribution in [0.15, 0.2) is 23.6 Å². The highest BCUT2D eigenvalue weighted by atomic mass is 32.1. The number of carbonyl (C=O) groups excluding carboxylic acids is 1. The van der Waals surface area contributed by atoms with Gasteiger partial charge in [0.05, 0.1) is 17.1 Å². The summed E-state index contributed by atoms with van der Waals surface area (Å²) in [4.78, 5) is 19.5. The zero-order valence-electron chi connectivity index (χ0n) is 15.8. The first-order chi connectivity index (χ1) is 11.1. The van der Waals surface area contributed by atoms with E-state index in [1.807, 2.05) is 10.3 Å². The molecule has 0 aliphatic carbocycles. The van der Waals surface area contributed by atoms with Gasteiger partial charge in [0, 0.05) is 22.5 Å². The molecule has 1 heterocycles. The maximum Gasteiger partial charge on any atom is 0.233 e. The second-order valence-corrected chi connectivity index (χ2v) is 8.58. The summed E-state index contributed by atoms with van der Waals surface area (Å²) >= 11 is 1.64. The number of benzene rings is 1. The van der Waals surface area contributed by atoms with E-state index in [-0.39, 0.29) is 17.4 Å². The molecular formula is C20H28N2OS. The van der Waals surface area contributed by atoms with Crippen LogP contribution in [-0.2, 0) is 16.6 Å². The van der Waals surface area contributed by atoms with Crippen molar-refractivity contribution in [2.45, 2.75) is 66.3 Å². The van der Waals surface area contributed by atoms with E-state index in [4.69, 9.17) is 0 Å². The van der Waals surface area contributed by atoms with E-state index in [9.17, 15) is 4.79 Å². The van der Waals surface area contributed by atoms with Crippen molar-refractivity contribution in [3.63, 3.8) is 0 Å². The highest BCUT2D eigenvalue weighted by Gasteiger charge is 2.23. The van der Waals surface area contributed by atoms with Gasteiger partial charge < -0.3 is 4.90 Å². The van der Waals surface area contributed by atoms with E-state index >= 15 is 0 Å². The lowest BCUT2D eigenvalue weighted by molar-refractivity contribution is -0.118. The average molecular weight is 345 g/mol. The monoisotopic (exact) mass is 344 g/mol. The quantitative estimate of drug-likeness (QED) is 0.778. The smallest absolute Gasteiger partial charge is 0.233 e. The molecule has 0 radical (unpaired) electrons. The molecule has 3 nitrogen and oxygen atoms in total. The molecule has 0 saturated heterocycles. The number of nitrogens with zero attached hydrogens (tertiary/aromatic N) is 2. The predicted molar refractivity (Wildman–Crippen MR) is 103 cm³/mol. The van der Waals surface area contributed by atoms with Gasteiger partial charge in [-0.2, -0.15) is 0 Å². The second kappa shape index (κ2) is 7.06. The van der Waals surface area contributed by atoms with Gasteiger partial charge in [-0.3, -0.25) is 4.79 Å². The predicted octanol–water partition coefficient (Wildman–Crippen LogP) is 5.04. The van der Waals surface area contributed by atoms with Crippen LogP contribution >= 0.6 is 11.3 Å². The molecule has 1 amide bonds. The van der Waals surface area contributed by atoms with E-state index in [1.165, 1.54) is 0 Å². The topological polar surface area (TPSA) is 33.2 Å². The SMILES string of the molecule is Cc1ccc(C)c(N(C(=O)Cc2csc(C(C)(C)C)n2)C(C)C)c1. The van der Waals surface area contributed by atoms with Crippen LogP contribution < -0.4 is 4.90 Å². The molecule has 0 saturated carbocycles. The van der Waals surface area contributed by atoms with Crippen molar-refractivity contribution in [3.8, 4) is 0 Å². The van der Waals surface area contributed by atoms with Gasteiger partial charge in [0.2, 0.25) is 5.91 Å². The van der Waals surface area contributed by atoms with E-state index in [1.54, 1.807) is 11.3 Å². The van der Waals surface area contributed by atoms with Crippen molar-refractivity contribution >= 4 is 22.9 Å². The number of amides is 1. The van der Waals surface area contributed by atoms with Crippen molar-refractivity contribution in [1.82, 2.24) is 4.98 Å². The maximum absolute atomic E-state index is 13.0. The largest absolute Gasteiger partial charge is 0.309 e. The van der Waals surface area contributed by atoms with Gasteiger partial charge in [-0.15, -0.1) is 11.3 Å². The summed E-state index contributed by atoms with van der Waals surface area (Å²) in [6.45, 7) is 14.7. The third-order valence-electron chi connectivity index (χ3n) is 3.93. The minimum absolute atomic E-state index is 0.0246. The first-order valence-corrected chi connectivity index (χ1v) is 9.31. The van der Waals surface area contributed by atoms with Gasteiger partial charge >= 0.3 is 0 Å². The summed E-state index contributed by atoms with van der Waals surface area (Å²) in [5, 5.41) is 3.09. The average Bonchev–Trinajstić information content (AvgIpc) is 2.91. The van der Waals surface area contributed by atoms with E-state index < -0.39 is 0 Å². The van der Waals surface area contributed by atoms with Crippen LogP contribution in [0, 0.1) is 13.8 Å². The number of aromatic nitrogens is 1. The van der Waals surface area contributed by atoms with Gasteiger partial charge in [0.25, 0.3) is 0 Å². The Balaban J connectivity index is 2.27. The van der Waals surface area contributed by atoms with E-state index in [0.717, 1.165) is 27.5 Å². The molecular weight excluding hydrogens is 316 g/mol. The van der Waals surface area contributed by atoms with E-state index in [2.05, 4.69) is 71.6 Å². The van der Waals surface area contributed by atoms with Crippen molar-refractivity contribution in [3.05, 3.63) is 45.4 Å². The van der Waals surface area contributed by atoms with Crippen LogP contribution in [0.5, 0.6) is 0 Å². The van der Waals surface area contributed by atoms with Crippen molar-refractivity contribution in [2.75, 3.05) is 4.90 Å². The zero-order chi connectivity index (χ0) is 18.1. The molecule has 1 aromatic carbocycles. The number of aryl methyl sites for hydroxylation is 2. The first kappa shape index (κ1) is 18.7. The van der Waals surface area contributed by atoms with E-state index in [0.29, 0.717) is 6.42 Å². The number of hydrogen-bond donors (Lipinski definition) is 0. The fourth-order valence-corrected chi connectivity index (χ4v) is 3.56. The Morgan fingerprint density at radius 1 is 1.25 bits per heavy atom. The Hall–Kier alpha value is -1.68. The Morgan fingerprint density at radius 3 is 2.46 bits per heavy atom. The van der Waals surface area contributed by atoms with Crippen LogP contribution in [0.1, 0.15) is 56.4 Å². The molecule has 0 unspecified atom stereocenters. The van der Waals surface area contributed by atoms with Crippen LogP contribution in [0.4, 0.5) is 5.69 Å². The first-order valence-electron chi connectivity index (χ1n) is 8.44. The van der Waals surface area contributed by atoms with Crippen LogP contribution in [0.3, 0.4) is 0 Å². The molecule has 1 aromatic heterocycles. The van der Waals surface area contributed by atoms with Crippen LogP contribution in [-0.4, -0.2) is 16.9 Å². The summed E-state index contributed by atoms with van der Waals surface area (Å²) < 4.78 is 0. The Labute approximate surface area is 149 Å². The number of hydrogen-bond acceptors (Lipinski definition) is 3. The van der Waals surface area contributed by atoms with Gasteiger partial charge in [-0.25, -0.2) is 4.98 Å². The lowest BCUT2D eigenvalue weighted by Crippen LogP contribution is -2.38. The summed E-state index contributed by atoms with van der Waals surface area (Å²) in [7, 11) is 0. The number of anilines is 1. The molecule has 2 aromatic rings. The van der Waals surface area contributed by atoms with Crippen LogP contribution in [0.25, 0.3) is 0 Å². The Bertz CT molecular complexity index is 725. The lowest BCUT2D eigenvalue weighted by atomic mass is 9.98. The van der Waals surface area contributed by atoms with Gasteiger partial charge in [-0.1, -0.05) is 32.9 Å². The lowest BCUT2D eigenvalue weighted by Gasteiger charge is -2.28. The molecule has 0 fully saturated rings. The highest BCUT2D eigenvalue weighted by Crippen LogP contribution is 2.27. The molecule has 2 rings (SSSR count). The Kier molecular flexibility index (Phi) is 5.49. The molecule has 0 aliphatic heterocycles. The summed E-state index contributed by atoms with van der Waals surface area (Å²) in [6, 6.07) is 6.36. The minimum Gasteiger partial charge on any atom is -0.309 e. The molecule has 0 bridgehead atoms. The van der Waals surface area contributed by atoms with Gasteiger partial charge in [-0.05, 0) is 44.9 Å². The van der Waals surface area contributed by atoms with Gasteiger partial charge in [0.1, 0.15) is 0 Å².